The number of hydrogen-bond donors (Lipinski definition) is 0. The molecule has 30 heavy (non-hydrogen) atoms. The normalized spacial score (nSPS) is 12.9. The van der Waals surface area contributed by atoms with Crippen molar-refractivity contribution >= 4 is 21.8 Å². The van der Waals surface area contributed by atoms with Crippen molar-refractivity contribution in [2.24, 2.45) is 12.5 Å². The van der Waals surface area contributed by atoms with Crippen LogP contribution in [0.2, 0.25) is 0 Å². The monoisotopic (exact) mass is 397 g/mol. The highest BCUT2D eigenvalue weighted by atomic mass is 16.5. The lowest BCUT2D eigenvalue weighted by Crippen LogP contribution is -2.34. The van der Waals surface area contributed by atoms with Gasteiger partial charge in [-0.2, -0.15) is 4.57 Å². The molecule has 0 saturated carbocycles. The molecular weight excluding hydrogens is 368 g/mol. The van der Waals surface area contributed by atoms with Crippen LogP contribution < -0.4 is 9.30 Å². The second-order valence-electron chi connectivity index (χ2n) is 10.0. The standard InChI is InChI=1S/C27H29N2O/c1-15-10-19-12-16(2)17(3)23-24(19)22(11-15)30-26-25(23)29(7)21-9-8-18(13-20(21)28-26)14-27(4,5)6/h8-13H,14H2,1-7H3/q+1. The van der Waals surface area contributed by atoms with Crippen LogP contribution in [0, 0.1) is 26.2 Å². The van der Waals surface area contributed by atoms with E-state index in [4.69, 9.17) is 9.72 Å². The third-order valence-electron chi connectivity index (χ3n) is 6.20. The maximum Gasteiger partial charge on any atom is 0.294 e. The van der Waals surface area contributed by atoms with Gasteiger partial charge in [0.15, 0.2) is 0 Å². The van der Waals surface area contributed by atoms with Crippen LogP contribution in [0.5, 0.6) is 11.6 Å². The van der Waals surface area contributed by atoms with Gasteiger partial charge in [0.25, 0.3) is 11.6 Å². The number of aromatic nitrogens is 2. The number of nitrogens with zero attached hydrogens (tertiary/aromatic N) is 2. The fourth-order valence-corrected chi connectivity index (χ4v) is 4.81. The zero-order valence-electron chi connectivity index (χ0n) is 19.0. The van der Waals surface area contributed by atoms with Gasteiger partial charge >= 0.3 is 0 Å². The molecule has 0 radical (unpaired) electrons. The van der Waals surface area contributed by atoms with Crippen molar-refractivity contribution in [3.63, 3.8) is 0 Å². The maximum absolute atomic E-state index is 6.42. The van der Waals surface area contributed by atoms with E-state index in [0.717, 1.165) is 28.9 Å². The first kappa shape index (κ1) is 19.0. The minimum absolute atomic E-state index is 0.237. The smallest absolute Gasteiger partial charge is 0.294 e. The van der Waals surface area contributed by atoms with Gasteiger partial charge in [-0.25, -0.2) is 4.98 Å². The molecule has 152 valence electrons. The van der Waals surface area contributed by atoms with Gasteiger partial charge in [0.2, 0.25) is 5.52 Å². The first-order valence-corrected chi connectivity index (χ1v) is 10.7. The molecule has 0 amide bonds. The third kappa shape index (κ3) is 2.87. The summed E-state index contributed by atoms with van der Waals surface area (Å²) in [6.07, 6.45) is 1.02. The molecule has 3 heteroatoms. The molecule has 0 N–H and O–H groups in total. The lowest BCUT2D eigenvalue weighted by atomic mass is 9.88. The second kappa shape index (κ2) is 6.28. The number of ether oxygens (including phenoxy) is 1. The molecular formula is C27H29N2O+. The van der Waals surface area contributed by atoms with E-state index < -0.39 is 0 Å². The molecule has 0 saturated heterocycles. The Morgan fingerprint density at radius 3 is 2.50 bits per heavy atom. The molecule has 3 aromatic carbocycles. The highest BCUT2D eigenvalue weighted by molar-refractivity contribution is 6.05. The van der Waals surface area contributed by atoms with E-state index in [9.17, 15) is 0 Å². The van der Waals surface area contributed by atoms with Gasteiger partial charge in [-0.05, 0) is 72.4 Å². The summed E-state index contributed by atoms with van der Waals surface area (Å²) in [6.45, 7) is 13.3. The summed E-state index contributed by atoms with van der Waals surface area (Å²) in [5.74, 6) is 1.61. The number of hydrogen-bond acceptors (Lipinski definition) is 2. The number of fused-ring (bicyclic) bond motifs is 3. The van der Waals surface area contributed by atoms with Crippen molar-refractivity contribution in [3.8, 4) is 22.9 Å². The molecule has 3 nitrogen and oxygen atoms in total. The summed E-state index contributed by atoms with van der Waals surface area (Å²) in [5, 5.41) is 2.42. The third-order valence-corrected chi connectivity index (χ3v) is 6.20. The minimum atomic E-state index is 0.237. The summed E-state index contributed by atoms with van der Waals surface area (Å²) >= 11 is 0. The fourth-order valence-electron chi connectivity index (χ4n) is 4.81. The van der Waals surface area contributed by atoms with Crippen LogP contribution in [0.25, 0.3) is 33.1 Å². The Morgan fingerprint density at radius 1 is 1.00 bits per heavy atom. The Kier molecular flexibility index (Phi) is 3.99. The molecule has 1 aliphatic heterocycles. The number of benzene rings is 3. The molecule has 0 fully saturated rings. The quantitative estimate of drug-likeness (QED) is 0.302. The molecule has 0 bridgehead atoms. The van der Waals surface area contributed by atoms with Gasteiger partial charge in [-0.1, -0.05) is 39.0 Å². The topological polar surface area (TPSA) is 26.0 Å². The SMILES string of the molecule is Cc1cc2c3c(c(C)c(C)cc3c1)-c1c(nc3cc(CC(C)(C)C)ccc3[n+]1C)O2. The van der Waals surface area contributed by atoms with Crippen molar-refractivity contribution in [2.75, 3.05) is 0 Å². The van der Waals surface area contributed by atoms with E-state index in [1.165, 1.54) is 38.6 Å². The fraction of sp³-hybridized carbons (Fsp3) is 0.333. The Labute approximate surface area is 178 Å². The van der Waals surface area contributed by atoms with Crippen molar-refractivity contribution < 1.29 is 9.30 Å². The number of aryl methyl sites for hydroxylation is 3. The zero-order valence-corrected chi connectivity index (χ0v) is 19.0. The predicted octanol–water partition coefficient (Wildman–Crippen LogP) is 6.50. The van der Waals surface area contributed by atoms with E-state index >= 15 is 0 Å². The van der Waals surface area contributed by atoms with E-state index in [-0.39, 0.29) is 5.41 Å². The van der Waals surface area contributed by atoms with Crippen LogP contribution in [-0.2, 0) is 13.5 Å². The molecule has 1 aromatic heterocycles. The summed E-state index contributed by atoms with van der Waals surface area (Å²) < 4.78 is 8.68. The summed E-state index contributed by atoms with van der Waals surface area (Å²) in [7, 11) is 2.13. The Balaban J connectivity index is 1.83. The molecule has 0 unspecified atom stereocenters. The van der Waals surface area contributed by atoms with Crippen LogP contribution in [0.3, 0.4) is 0 Å². The Morgan fingerprint density at radius 2 is 1.77 bits per heavy atom. The van der Waals surface area contributed by atoms with Crippen molar-refractivity contribution in [1.82, 2.24) is 4.98 Å². The van der Waals surface area contributed by atoms with Gasteiger partial charge in [0, 0.05) is 11.5 Å². The highest BCUT2D eigenvalue weighted by Crippen LogP contribution is 2.47. The predicted molar refractivity (Wildman–Crippen MR) is 123 cm³/mol. The minimum Gasteiger partial charge on any atom is -0.433 e. The van der Waals surface area contributed by atoms with Crippen LogP contribution in [0.4, 0.5) is 0 Å². The molecule has 4 aromatic rings. The number of rotatable bonds is 1. The Hall–Kier alpha value is -2.94. The van der Waals surface area contributed by atoms with Gasteiger partial charge in [0.05, 0.1) is 5.56 Å². The zero-order chi connectivity index (χ0) is 21.4. The summed E-state index contributed by atoms with van der Waals surface area (Å²) in [6, 6.07) is 13.3. The average molecular weight is 398 g/mol. The van der Waals surface area contributed by atoms with Gasteiger partial charge < -0.3 is 4.74 Å². The summed E-state index contributed by atoms with van der Waals surface area (Å²) in [5.41, 5.74) is 9.75. The van der Waals surface area contributed by atoms with E-state index in [0.29, 0.717) is 5.88 Å². The van der Waals surface area contributed by atoms with Crippen LogP contribution in [0.1, 0.15) is 43.0 Å². The van der Waals surface area contributed by atoms with Crippen LogP contribution >= 0.6 is 0 Å². The Bertz CT molecular complexity index is 1360. The summed E-state index contributed by atoms with van der Waals surface area (Å²) in [4.78, 5) is 5.01. The van der Waals surface area contributed by atoms with Crippen molar-refractivity contribution in [1.29, 1.82) is 0 Å². The van der Waals surface area contributed by atoms with Crippen LogP contribution in [-0.4, -0.2) is 4.98 Å². The first-order valence-electron chi connectivity index (χ1n) is 10.7. The lowest BCUT2D eigenvalue weighted by molar-refractivity contribution is -0.634. The van der Waals surface area contributed by atoms with Crippen molar-refractivity contribution in [3.05, 3.63) is 58.7 Å². The van der Waals surface area contributed by atoms with Gasteiger partial charge in [0.1, 0.15) is 18.3 Å². The largest absolute Gasteiger partial charge is 0.433 e. The van der Waals surface area contributed by atoms with Crippen molar-refractivity contribution in [2.45, 2.75) is 48.0 Å². The van der Waals surface area contributed by atoms with E-state index in [2.05, 4.69) is 89.6 Å². The molecule has 0 spiro atoms. The average Bonchev–Trinajstić information content (AvgIpc) is 2.63. The lowest BCUT2D eigenvalue weighted by Gasteiger charge is -2.22. The molecule has 0 atom stereocenters. The van der Waals surface area contributed by atoms with Gasteiger partial charge in [-0.3, -0.25) is 0 Å². The maximum atomic E-state index is 6.42. The molecule has 0 aliphatic carbocycles. The molecule has 2 heterocycles. The first-order chi connectivity index (χ1) is 14.1. The molecule has 1 aliphatic rings. The second-order valence-corrected chi connectivity index (χ2v) is 10.0. The van der Waals surface area contributed by atoms with E-state index in [1.54, 1.807) is 0 Å². The molecule has 5 rings (SSSR count). The van der Waals surface area contributed by atoms with E-state index in [1.807, 2.05) is 0 Å². The highest BCUT2D eigenvalue weighted by Gasteiger charge is 2.33. The van der Waals surface area contributed by atoms with Gasteiger partial charge in [-0.15, -0.1) is 0 Å². The van der Waals surface area contributed by atoms with Crippen LogP contribution in [0.15, 0.2) is 36.4 Å².